The first-order valence-corrected chi connectivity index (χ1v) is 9.39. The van der Waals surface area contributed by atoms with Crippen LogP contribution in [0.2, 0.25) is 0 Å². The second-order valence-corrected chi connectivity index (χ2v) is 7.42. The third-order valence-electron chi connectivity index (χ3n) is 5.70. The molecule has 1 saturated heterocycles. The predicted octanol–water partition coefficient (Wildman–Crippen LogP) is 1.51. The van der Waals surface area contributed by atoms with Crippen molar-refractivity contribution in [2.75, 3.05) is 26.2 Å². The Morgan fingerprint density at radius 3 is 2.38 bits per heavy atom. The van der Waals surface area contributed by atoms with Crippen molar-refractivity contribution in [2.24, 2.45) is 5.73 Å². The van der Waals surface area contributed by atoms with Crippen molar-refractivity contribution in [1.82, 2.24) is 20.0 Å². The number of nitrogens with two attached hydrogens (primary N) is 1. The van der Waals surface area contributed by atoms with Gasteiger partial charge in [-0.15, -0.1) is 0 Å². The summed E-state index contributed by atoms with van der Waals surface area (Å²) in [6.45, 7) is 2.10. The van der Waals surface area contributed by atoms with E-state index < -0.39 is 5.54 Å². The molecule has 0 radical (unpaired) electrons. The Bertz CT molecular complexity index is 816. The Labute approximate surface area is 152 Å². The predicted molar refractivity (Wildman–Crippen MR) is 98.6 cm³/mol. The summed E-state index contributed by atoms with van der Waals surface area (Å²) in [5.74, 6) is -0.0378. The smallest absolute Gasteiger partial charge is 0.275 e. The largest absolute Gasteiger partial charge is 0.338 e. The Morgan fingerprint density at radius 2 is 1.65 bits per heavy atom. The van der Waals surface area contributed by atoms with E-state index in [9.17, 15) is 9.59 Å². The van der Waals surface area contributed by atoms with E-state index in [0.29, 0.717) is 31.9 Å². The Hall–Kier alpha value is -2.41. The van der Waals surface area contributed by atoms with Gasteiger partial charge in [-0.25, -0.2) is 0 Å². The quantitative estimate of drug-likeness (QED) is 0.853. The summed E-state index contributed by atoms with van der Waals surface area (Å²) >= 11 is 0. The molecule has 2 amide bonds. The number of H-pyrrole nitrogens is 1. The summed E-state index contributed by atoms with van der Waals surface area (Å²) in [6, 6.07) is 7.61. The second-order valence-electron chi connectivity index (χ2n) is 7.42. The molecule has 26 heavy (non-hydrogen) atoms. The zero-order chi connectivity index (χ0) is 18.1. The number of aromatic amines is 1. The lowest BCUT2D eigenvalue weighted by Crippen LogP contribution is -2.60. The zero-order valence-electron chi connectivity index (χ0n) is 14.9. The number of para-hydroxylation sites is 1. The van der Waals surface area contributed by atoms with Gasteiger partial charge in [0.05, 0.1) is 11.1 Å². The maximum Gasteiger partial charge on any atom is 0.275 e. The molecular formula is C19H25N5O2. The van der Waals surface area contributed by atoms with Gasteiger partial charge in [0.25, 0.3) is 5.91 Å². The Balaban J connectivity index is 1.42. The number of fused-ring (bicyclic) bond motifs is 1. The van der Waals surface area contributed by atoms with Gasteiger partial charge >= 0.3 is 0 Å². The number of benzene rings is 1. The molecule has 2 aliphatic rings. The number of amides is 2. The molecule has 0 unspecified atom stereocenters. The van der Waals surface area contributed by atoms with Gasteiger partial charge in [-0.05, 0) is 18.9 Å². The molecule has 0 bridgehead atoms. The van der Waals surface area contributed by atoms with E-state index in [0.717, 1.165) is 43.0 Å². The fourth-order valence-electron chi connectivity index (χ4n) is 4.10. The summed E-state index contributed by atoms with van der Waals surface area (Å²) in [4.78, 5) is 29.3. The van der Waals surface area contributed by atoms with Crippen LogP contribution in [0.4, 0.5) is 0 Å². The van der Waals surface area contributed by atoms with Gasteiger partial charge in [-0.3, -0.25) is 14.7 Å². The van der Waals surface area contributed by atoms with Gasteiger partial charge in [0.1, 0.15) is 0 Å². The van der Waals surface area contributed by atoms with Gasteiger partial charge < -0.3 is 15.5 Å². The van der Waals surface area contributed by atoms with E-state index in [1.807, 2.05) is 29.2 Å². The highest BCUT2D eigenvalue weighted by Crippen LogP contribution is 2.28. The molecule has 7 heteroatoms. The molecule has 1 saturated carbocycles. The highest BCUT2D eigenvalue weighted by molar-refractivity contribution is 6.04. The van der Waals surface area contributed by atoms with Gasteiger partial charge in [0.2, 0.25) is 5.91 Å². The van der Waals surface area contributed by atoms with Crippen molar-refractivity contribution in [3.8, 4) is 0 Å². The number of piperazine rings is 1. The third-order valence-corrected chi connectivity index (χ3v) is 5.70. The van der Waals surface area contributed by atoms with Gasteiger partial charge in [-0.1, -0.05) is 37.5 Å². The molecule has 2 heterocycles. The fraction of sp³-hybridized carbons (Fsp3) is 0.526. The Morgan fingerprint density at radius 1 is 1.00 bits per heavy atom. The van der Waals surface area contributed by atoms with E-state index in [-0.39, 0.29) is 11.8 Å². The molecule has 3 N–H and O–H groups in total. The molecule has 1 aromatic carbocycles. The van der Waals surface area contributed by atoms with Gasteiger partial charge in [0, 0.05) is 31.6 Å². The standard InChI is InChI=1S/C19H25N5O2/c20-19(8-4-1-5-9-19)18(26)24-12-10-23(11-13-24)17(25)16-14-6-2-3-7-15(14)21-22-16/h2-3,6-7H,1,4-5,8-13,20H2,(H,21,22). The second kappa shape index (κ2) is 6.72. The summed E-state index contributed by atoms with van der Waals surface area (Å²) in [6.07, 6.45) is 4.74. The van der Waals surface area contributed by atoms with Gasteiger partial charge in [-0.2, -0.15) is 5.10 Å². The maximum absolute atomic E-state index is 12.8. The van der Waals surface area contributed by atoms with Crippen LogP contribution < -0.4 is 5.73 Å². The number of hydrogen-bond donors (Lipinski definition) is 2. The van der Waals surface area contributed by atoms with Crippen molar-refractivity contribution < 1.29 is 9.59 Å². The van der Waals surface area contributed by atoms with Crippen LogP contribution in [0.15, 0.2) is 24.3 Å². The number of carbonyl (C=O) groups is 2. The number of aromatic nitrogens is 2. The minimum atomic E-state index is -0.706. The molecule has 2 fully saturated rings. The minimum Gasteiger partial charge on any atom is -0.338 e. The molecule has 2 aromatic rings. The SMILES string of the molecule is NC1(C(=O)N2CCN(C(=O)c3n[nH]c4ccccc34)CC2)CCCCC1. The van der Waals surface area contributed by atoms with E-state index in [1.54, 1.807) is 4.90 Å². The minimum absolute atomic E-state index is 0.0505. The molecule has 7 nitrogen and oxygen atoms in total. The molecule has 138 valence electrons. The molecule has 1 aromatic heterocycles. The van der Waals surface area contributed by atoms with Crippen LogP contribution in [-0.4, -0.2) is 63.5 Å². The van der Waals surface area contributed by atoms with Crippen molar-refractivity contribution in [1.29, 1.82) is 0 Å². The van der Waals surface area contributed by atoms with Crippen LogP contribution in [0.1, 0.15) is 42.6 Å². The maximum atomic E-state index is 12.8. The first-order chi connectivity index (χ1) is 12.6. The molecular weight excluding hydrogens is 330 g/mol. The monoisotopic (exact) mass is 355 g/mol. The average Bonchev–Trinajstić information content (AvgIpc) is 3.12. The number of rotatable bonds is 2. The normalized spacial score (nSPS) is 20.3. The van der Waals surface area contributed by atoms with Crippen LogP contribution in [0.5, 0.6) is 0 Å². The van der Waals surface area contributed by atoms with Crippen LogP contribution in [0.25, 0.3) is 10.9 Å². The highest BCUT2D eigenvalue weighted by atomic mass is 16.2. The van der Waals surface area contributed by atoms with Crippen molar-refractivity contribution in [3.63, 3.8) is 0 Å². The fourth-order valence-corrected chi connectivity index (χ4v) is 4.10. The van der Waals surface area contributed by atoms with Crippen molar-refractivity contribution in [2.45, 2.75) is 37.6 Å². The number of nitrogens with zero attached hydrogens (tertiary/aromatic N) is 3. The topological polar surface area (TPSA) is 95.3 Å². The lowest BCUT2D eigenvalue weighted by Gasteiger charge is -2.40. The number of nitrogens with one attached hydrogen (secondary N) is 1. The summed E-state index contributed by atoms with van der Waals surface area (Å²) in [5.41, 5.74) is 6.98. The van der Waals surface area contributed by atoms with Crippen LogP contribution in [0, 0.1) is 0 Å². The average molecular weight is 355 g/mol. The van der Waals surface area contributed by atoms with Crippen LogP contribution in [-0.2, 0) is 4.79 Å². The summed E-state index contributed by atoms with van der Waals surface area (Å²) in [7, 11) is 0. The first-order valence-electron chi connectivity index (χ1n) is 9.39. The third kappa shape index (κ3) is 2.96. The lowest BCUT2D eigenvalue weighted by molar-refractivity contribution is -0.139. The van der Waals surface area contributed by atoms with Gasteiger partial charge in [0.15, 0.2) is 5.69 Å². The van der Waals surface area contributed by atoms with E-state index in [2.05, 4.69) is 10.2 Å². The Kier molecular flexibility index (Phi) is 4.40. The highest BCUT2D eigenvalue weighted by Gasteiger charge is 2.39. The lowest BCUT2D eigenvalue weighted by atomic mass is 9.81. The number of carbonyl (C=O) groups excluding carboxylic acids is 2. The van der Waals surface area contributed by atoms with Crippen molar-refractivity contribution in [3.05, 3.63) is 30.0 Å². The van der Waals surface area contributed by atoms with E-state index in [4.69, 9.17) is 5.73 Å². The van der Waals surface area contributed by atoms with E-state index >= 15 is 0 Å². The molecule has 0 spiro atoms. The molecule has 0 atom stereocenters. The number of hydrogen-bond acceptors (Lipinski definition) is 4. The molecule has 4 rings (SSSR count). The first kappa shape index (κ1) is 17.0. The summed E-state index contributed by atoms with van der Waals surface area (Å²) < 4.78 is 0. The van der Waals surface area contributed by atoms with Crippen LogP contribution in [0.3, 0.4) is 0 Å². The summed E-state index contributed by atoms with van der Waals surface area (Å²) in [5, 5.41) is 7.93. The van der Waals surface area contributed by atoms with Crippen molar-refractivity contribution >= 4 is 22.7 Å². The molecule has 1 aliphatic heterocycles. The zero-order valence-corrected chi connectivity index (χ0v) is 14.9. The molecule has 1 aliphatic carbocycles. The van der Waals surface area contributed by atoms with Crippen LogP contribution >= 0.6 is 0 Å². The van der Waals surface area contributed by atoms with E-state index in [1.165, 1.54) is 0 Å².